The first-order valence-corrected chi connectivity index (χ1v) is 7.34. The van der Waals surface area contributed by atoms with Crippen LogP contribution in [0.25, 0.3) is 11.2 Å². The highest BCUT2D eigenvalue weighted by atomic mass is 31.1. The lowest BCUT2D eigenvalue weighted by Gasteiger charge is -2.13. The fourth-order valence-corrected chi connectivity index (χ4v) is 2.61. The van der Waals surface area contributed by atoms with Crippen LogP contribution in [-0.4, -0.2) is 37.1 Å². The molecule has 1 aliphatic rings. The Morgan fingerprint density at radius 1 is 1.62 bits per heavy atom. The van der Waals surface area contributed by atoms with Gasteiger partial charge in [0.2, 0.25) is 5.95 Å². The molecular weight excluding hydrogens is 301 g/mol. The Bertz CT molecular complexity index is 743. The van der Waals surface area contributed by atoms with E-state index in [1.165, 1.54) is 6.33 Å². The number of H-pyrrole nitrogens is 1. The average molecular weight is 314 g/mol. The third kappa shape index (κ3) is 2.79. The molecule has 2 aromatic rings. The molecule has 112 valence electrons. The maximum absolute atomic E-state index is 11.7. The number of nitrogens with zero attached hydrogens (tertiary/aromatic N) is 3. The molecule has 0 bridgehead atoms. The van der Waals surface area contributed by atoms with Crippen LogP contribution in [0, 0.1) is 0 Å². The fourth-order valence-electron chi connectivity index (χ4n) is 2.31. The Hall–Kier alpha value is -1.87. The summed E-state index contributed by atoms with van der Waals surface area (Å²) in [6.45, 7) is 0.0327. The van der Waals surface area contributed by atoms with Gasteiger partial charge in [0.05, 0.1) is 12.4 Å². The number of aromatic nitrogens is 4. The summed E-state index contributed by atoms with van der Waals surface area (Å²) in [5, 5.41) is 0. The molecule has 0 saturated carbocycles. The van der Waals surface area contributed by atoms with Gasteiger partial charge >= 0.3 is 8.25 Å². The highest BCUT2D eigenvalue weighted by Crippen LogP contribution is 2.31. The minimum absolute atomic E-state index is 0.00408. The molecule has 3 rings (SSSR count). The largest absolute Gasteiger partial charge is 0.694 e. The number of fused-ring (bicyclic) bond motifs is 1. The lowest BCUT2D eigenvalue weighted by Crippen LogP contribution is -2.16. The zero-order chi connectivity index (χ0) is 15.0. The number of hydrogen-bond donors (Lipinski definition) is 3. The smallest absolute Gasteiger partial charge is 0.369 e. The van der Waals surface area contributed by atoms with Gasteiger partial charge in [0, 0.05) is 4.57 Å². The number of hydrogen-bond acceptors (Lipinski definition) is 7. The van der Waals surface area contributed by atoms with E-state index in [4.69, 9.17) is 15.4 Å². The molecule has 3 atom stereocenters. The zero-order valence-electron chi connectivity index (χ0n) is 10.8. The topological polar surface area (TPSA) is 145 Å². The molecule has 0 radical (unpaired) electrons. The van der Waals surface area contributed by atoms with Gasteiger partial charge < -0.3 is 10.5 Å². The van der Waals surface area contributed by atoms with Gasteiger partial charge in [0.25, 0.3) is 5.56 Å². The molecule has 2 aromatic heterocycles. The number of ether oxygens (including phenoxy) is 1. The van der Waals surface area contributed by atoms with E-state index >= 15 is 0 Å². The molecule has 0 aromatic carbocycles. The highest BCUT2D eigenvalue weighted by Gasteiger charge is 2.30. The summed E-state index contributed by atoms with van der Waals surface area (Å²) in [6, 6.07) is 0. The van der Waals surface area contributed by atoms with Crippen LogP contribution in [-0.2, 0) is 13.8 Å². The van der Waals surface area contributed by atoms with Crippen molar-refractivity contribution in [2.24, 2.45) is 0 Å². The number of nitrogens with two attached hydrogens (primary N) is 1. The lowest BCUT2D eigenvalue weighted by molar-refractivity contribution is -0.0162. The maximum Gasteiger partial charge on any atom is 0.694 e. The summed E-state index contributed by atoms with van der Waals surface area (Å²) in [4.78, 5) is 30.8. The Balaban J connectivity index is 1.82. The van der Waals surface area contributed by atoms with Crippen LogP contribution >= 0.6 is 8.25 Å². The molecule has 0 aliphatic carbocycles. The summed E-state index contributed by atoms with van der Waals surface area (Å²) >= 11 is 0. The number of rotatable bonds is 4. The molecule has 1 aliphatic heterocycles. The second kappa shape index (κ2) is 5.49. The van der Waals surface area contributed by atoms with E-state index < -0.39 is 13.8 Å². The summed E-state index contributed by atoms with van der Waals surface area (Å²) < 4.78 is 22.5. The third-order valence-corrected chi connectivity index (χ3v) is 3.59. The van der Waals surface area contributed by atoms with E-state index in [9.17, 15) is 9.36 Å². The van der Waals surface area contributed by atoms with Crippen LogP contribution in [0.1, 0.15) is 19.1 Å². The molecule has 11 heteroatoms. The molecule has 0 spiro atoms. The lowest BCUT2D eigenvalue weighted by atomic mass is 10.2. The van der Waals surface area contributed by atoms with Gasteiger partial charge in [-0.15, -0.1) is 9.42 Å². The molecular formula is C10H13N5O5P+. The number of aromatic amines is 1. The molecule has 21 heavy (non-hydrogen) atoms. The first kappa shape index (κ1) is 14.1. The fraction of sp³-hybridized carbons (Fsp3) is 0.500. The van der Waals surface area contributed by atoms with Crippen molar-refractivity contribution >= 4 is 25.4 Å². The summed E-state index contributed by atoms with van der Waals surface area (Å²) in [7, 11) is -2.64. The third-order valence-electron chi connectivity index (χ3n) is 3.22. The Labute approximate surface area is 118 Å². The molecule has 1 saturated heterocycles. The van der Waals surface area contributed by atoms with Gasteiger partial charge in [-0.2, -0.15) is 4.98 Å². The van der Waals surface area contributed by atoms with E-state index in [0.29, 0.717) is 18.5 Å². The first-order valence-electron chi connectivity index (χ1n) is 6.21. The van der Waals surface area contributed by atoms with Crippen molar-refractivity contribution in [1.29, 1.82) is 0 Å². The number of nitrogen functional groups attached to an aromatic ring is 1. The molecule has 3 heterocycles. The number of anilines is 1. The van der Waals surface area contributed by atoms with E-state index in [-0.39, 0.29) is 30.4 Å². The molecule has 3 unspecified atom stereocenters. The van der Waals surface area contributed by atoms with E-state index in [1.807, 2.05) is 0 Å². The van der Waals surface area contributed by atoms with Crippen molar-refractivity contribution in [3.05, 3.63) is 16.7 Å². The van der Waals surface area contributed by atoms with Crippen molar-refractivity contribution in [1.82, 2.24) is 19.5 Å². The summed E-state index contributed by atoms with van der Waals surface area (Å²) in [5.74, 6) is 0.00408. The van der Waals surface area contributed by atoms with Crippen LogP contribution in [0.4, 0.5) is 5.95 Å². The monoisotopic (exact) mass is 314 g/mol. The van der Waals surface area contributed by atoms with Crippen LogP contribution in [0.3, 0.4) is 0 Å². The molecule has 1 fully saturated rings. The van der Waals surface area contributed by atoms with Crippen LogP contribution in [0.15, 0.2) is 11.1 Å². The van der Waals surface area contributed by atoms with Crippen molar-refractivity contribution in [2.45, 2.75) is 25.2 Å². The first-order chi connectivity index (χ1) is 10.0. The Morgan fingerprint density at radius 2 is 2.43 bits per heavy atom. The molecule has 10 nitrogen and oxygen atoms in total. The minimum Gasteiger partial charge on any atom is -0.369 e. The van der Waals surface area contributed by atoms with Gasteiger partial charge in [-0.05, 0) is 12.8 Å². The Morgan fingerprint density at radius 3 is 3.19 bits per heavy atom. The van der Waals surface area contributed by atoms with E-state index in [1.54, 1.807) is 4.57 Å². The van der Waals surface area contributed by atoms with E-state index in [0.717, 1.165) is 0 Å². The SMILES string of the molecule is Nc1nc2c(ncn2C2CCC(CO[P+](=O)O)O2)c(=O)[nH]1. The van der Waals surface area contributed by atoms with Gasteiger partial charge in [0.15, 0.2) is 11.2 Å². The van der Waals surface area contributed by atoms with Crippen molar-refractivity contribution in [2.75, 3.05) is 12.3 Å². The van der Waals surface area contributed by atoms with Crippen molar-refractivity contribution < 1.29 is 18.7 Å². The van der Waals surface area contributed by atoms with Crippen LogP contribution in [0.2, 0.25) is 0 Å². The zero-order valence-corrected chi connectivity index (χ0v) is 11.7. The number of imidazole rings is 1. The summed E-state index contributed by atoms with van der Waals surface area (Å²) in [5.41, 5.74) is 5.65. The number of nitrogens with one attached hydrogen (secondary N) is 1. The second-order valence-corrected chi connectivity index (χ2v) is 5.33. The Kier molecular flexibility index (Phi) is 3.68. The van der Waals surface area contributed by atoms with Crippen LogP contribution < -0.4 is 11.3 Å². The maximum atomic E-state index is 11.7. The average Bonchev–Trinajstić information content (AvgIpc) is 3.02. The predicted molar refractivity (Wildman–Crippen MR) is 71.5 cm³/mol. The van der Waals surface area contributed by atoms with Gasteiger partial charge in [-0.25, -0.2) is 4.98 Å². The summed E-state index contributed by atoms with van der Waals surface area (Å²) in [6.07, 6.45) is 2.11. The normalized spacial score (nSPS) is 22.8. The quantitative estimate of drug-likeness (QED) is 0.671. The predicted octanol–water partition coefficient (Wildman–Crippen LogP) is 0.0457. The van der Waals surface area contributed by atoms with Gasteiger partial charge in [-0.3, -0.25) is 14.3 Å². The van der Waals surface area contributed by atoms with Crippen LogP contribution in [0.5, 0.6) is 0 Å². The standard InChI is InChI=1S/C10H12N5O5P/c11-10-13-8-7(9(16)14-10)12-4-15(8)6-2-1-5(20-6)3-19-21(17)18/h4-6H,1-3H2,(H3-,11,13,14,16,17,18)/p+1. The molecule has 0 amide bonds. The van der Waals surface area contributed by atoms with Gasteiger partial charge in [-0.1, -0.05) is 0 Å². The van der Waals surface area contributed by atoms with Crippen molar-refractivity contribution in [3.63, 3.8) is 0 Å². The molecule has 4 N–H and O–H groups in total. The van der Waals surface area contributed by atoms with E-state index in [2.05, 4.69) is 19.5 Å². The minimum atomic E-state index is -2.64. The van der Waals surface area contributed by atoms with Crippen molar-refractivity contribution in [3.8, 4) is 0 Å². The van der Waals surface area contributed by atoms with Gasteiger partial charge in [0.1, 0.15) is 12.8 Å². The second-order valence-electron chi connectivity index (χ2n) is 4.60. The highest BCUT2D eigenvalue weighted by molar-refractivity contribution is 7.32.